The molecule has 7 nitrogen and oxygen atoms in total. The number of amides is 3. The van der Waals surface area contributed by atoms with E-state index in [2.05, 4.69) is 16.7 Å². The normalized spacial score (nSPS) is 17.2. The maximum Gasteiger partial charge on any atom is 0.407 e. The second-order valence-corrected chi connectivity index (χ2v) is 7.46. The Morgan fingerprint density at radius 1 is 1.38 bits per heavy atom. The van der Waals surface area contributed by atoms with Crippen LogP contribution in [0.5, 0.6) is 0 Å². The van der Waals surface area contributed by atoms with Crippen molar-refractivity contribution in [1.82, 2.24) is 10.2 Å². The van der Waals surface area contributed by atoms with Crippen molar-refractivity contribution in [3.63, 3.8) is 0 Å². The lowest BCUT2D eigenvalue weighted by molar-refractivity contribution is 0.0512. The van der Waals surface area contributed by atoms with Crippen molar-refractivity contribution in [2.24, 2.45) is 5.92 Å². The number of carbonyl (C=O) groups is 2. The SMILES string of the molecule is CC(C)(C)OC(=O)NCC1CCCN(C(=O)Nc2cccc(C#N)c2)C1. The summed E-state index contributed by atoms with van der Waals surface area (Å²) < 4.78 is 5.23. The number of nitrogens with zero attached hydrogens (tertiary/aromatic N) is 2. The molecule has 1 aromatic rings. The van der Waals surface area contributed by atoms with Crippen LogP contribution in [0.25, 0.3) is 0 Å². The van der Waals surface area contributed by atoms with Crippen LogP contribution in [0.15, 0.2) is 24.3 Å². The molecule has 26 heavy (non-hydrogen) atoms. The first-order chi connectivity index (χ1) is 12.3. The molecule has 1 saturated heterocycles. The van der Waals surface area contributed by atoms with E-state index in [1.807, 2.05) is 20.8 Å². The number of anilines is 1. The Kier molecular flexibility index (Phi) is 6.45. The topological polar surface area (TPSA) is 94.5 Å². The molecule has 7 heteroatoms. The van der Waals surface area contributed by atoms with Gasteiger partial charge in [0.2, 0.25) is 0 Å². The van der Waals surface area contributed by atoms with Crippen molar-refractivity contribution in [2.75, 3.05) is 25.0 Å². The molecule has 1 aliphatic heterocycles. The van der Waals surface area contributed by atoms with Crippen LogP contribution in [-0.2, 0) is 4.74 Å². The molecule has 1 heterocycles. The molecule has 140 valence electrons. The monoisotopic (exact) mass is 358 g/mol. The zero-order valence-electron chi connectivity index (χ0n) is 15.5. The summed E-state index contributed by atoms with van der Waals surface area (Å²) in [6.45, 7) is 7.18. The number of nitrogens with one attached hydrogen (secondary N) is 2. The van der Waals surface area contributed by atoms with Crippen LogP contribution >= 0.6 is 0 Å². The van der Waals surface area contributed by atoms with Gasteiger partial charge in [0, 0.05) is 25.3 Å². The van der Waals surface area contributed by atoms with Gasteiger partial charge in [0.15, 0.2) is 0 Å². The number of hydrogen-bond acceptors (Lipinski definition) is 4. The highest BCUT2D eigenvalue weighted by Gasteiger charge is 2.25. The lowest BCUT2D eigenvalue weighted by Crippen LogP contribution is -2.45. The van der Waals surface area contributed by atoms with E-state index in [9.17, 15) is 9.59 Å². The predicted octanol–water partition coefficient (Wildman–Crippen LogP) is 3.33. The van der Waals surface area contributed by atoms with Gasteiger partial charge in [-0.05, 0) is 57.7 Å². The van der Waals surface area contributed by atoms with Gasteiger partial charge in [-0.25, -0.2) is 9.59 Å². The van der Waals surface area contributed by atoms with Crippen LogP contribution in [0.2, 0.25) is 0 Å². The van der Waals surface area contributed by atoms with Crippen LogP contribution in [0.4, 0.5) is 15.3 Å². The van der Waals surface area contributed by atoms with E-state index in [0.29, 0.717) is 30.9 Å². The largest absolute Gasteiger partial charge is 0.444 e. The average Bonchev–Trinajstić information content (AvgIpc) is 2.59. The lowest BCUT2D eigenvalue weighted by Gasteiger charge is -2.33. The van der Waals surface area contributed by atoms with Crippen LogP contribution in [0.3, 0.4) is 0 Å². The molecule has 1 aromatic carbocycles. The van der Waals surface area contributed by atoms with E-state index in [1.165, 1.54) is 0 Å². The van der Waals surface area contributed by atoms with E-state index in [1.54, 1.807) is 29.2 Å². The summed E-state index contributed by atoms with van der Waals surface area (Å²) in [5.41, 5.74) is 0.574. The first kappa shape index (κ1) is 19.6. The number of hydrogen-bond donors (Lipinski definition) is 2. The molecule has 0 bridgehead atoms. The van der Waals surface area contributed by atoms with Gasteiger partial charge in [-0.3, -0.25) is 0 Å². The Bertz CT molecular complexity index is 691. The number of urea groups is 1. The van der Waals surface area contributed by atoms with Crippen molar-refractivity contribution in [1.29, 1.82) is 5.26 Å². The molecule has 0 saturated carbocycles. The summed E-state index contributed by atoms with van der Waals surface area (Å²) in [5, 5.41) is 14.5. The fourth-order valence-corrected chi connectivity index (χ4v) is 2.83. The zero-order valence-corrected chi connectivity index (χ0v) is 15.5. The van der Waals surface area contributed by atoms with Crippen LogP contribution in [0, 0.1) is 17.2 Å². The minimum atomic E-state index is -0.527. The van der Waals surface area contributed by atoms with Crippen LogP contribution in [0.1, 0.15) is 39.2 Å². The number of rotatable bonds is 3. The second-order valence-electron chi connectivity index (χ2n) is 7.46. The molecule has 1 atom stereocenters. The minimum Gasteiger partial charge on any atom is -0.444 e. The molecule has 0 radical (unpaired) electrons. The van der Waals surface area contributed by atoms with Crippen LogP contribution < -0.4 is 10.6 Å². The van der Waals surface area contributed by atoms with Gasteiger partial charge < -0.3 is 20.3 Å². The molecule has 1 fully saturated rings. The quantitative estimate of drug-likeness (QED) is 0.866. The summed E-state index contributed by atoms with van der Waals surface area (Å²) in [6, 6.07) is 8.68. The summed E-state index contributed by atoms with van der Waals surface area (Å²) in [6.07, 6.45) is 1.39. The molecule has 1 unspecified atom stereocenters. The fraction of sp³-hybridized carbons (Fsp3) is 0.526. The number of carbonyl (C=O) groups excluding carboxylic acids is 2. The van der Waals surface area contributed by atoms with Crippen LogP contribution in [-0.4, -0.2) is 42.3 Å². The lowest BCUT2D eigenvalue weighted by atomic mass is 9.98. The smallest absolute Gasteiger partial charge is 0.407 e. The van der Waals surface area contributed by atoms with Crippen molar-refractivity contribution in [2.45, 2.75) is 39.2 Å². The molecule has 3 amide bonds. The minimum absolute atomic E-state index is 0.187. The number of alkyl carbamates (subject to hydrolysis) is 1. The van der Waals surface area contributed by atoms with Gasteiger partial charge in [-0.2, -0.15) is 5.26 Å². The standard InChI is InChI=1S/C19H26N4O3/c1-19(2,3)26-18(25)21-12-15-7-5-9-23(13-15)17(24)22-16-8-4-6-14(10-16)11-20/h4,6,8,10,15H,5,7,9,12-13H2,1-3H3,(H,21,25)(H,22,24). The maximum atomic E-state index is 12.5. The molecule has 0 aromatic heterocycles. The molecule has 2 rings (SSSR count). The first-order valence-electron chi connectivity index (χ1n) is 8.80. The number of ether oxygens (including phenoxy) is 1. The van der Waals surface area contributed by atoms with E-state index >= 15 is 0 Å². The number of piperidine rings is 1. The van der Waals surface area contributed by atoms with Gasteiger partial charge in [0.1, 0.15) is 5.60 Å². The Balaban J connectivity index is 1.84. The zero-order chi connectivity index (χ0) is 19.2. The van der Waals surface area contributed by atoms with Crippen molar-refractivity contribution in [3.05, 3.63) is 29.8 Å². The van der Waals surface area contributed by atoms with E-state index in [0.717, 1.165) is 12.8 Å². The van der Waals surface area contributed by atoms with E-state index in [-0.39, 0.29) is 11.9 Å². The van der Waals surface area contributed by atoms with Gasteiger partial charge in [0.05, 0.1) is 11.6 Å². The predicted molar refractivity (Wildman–Crippen MR) is 98.7 cm³/mol. The van der Waals surface area contributed by atoms with Gasteiger partial charge in [-0.1, -0.05) is 6.07 Å². The number of nitriles is 1. The molecule has 0 aliphatic carbocycles. The Morgan fingerprint density at radius 3 is 2.85 bits per heavy atom. The summed E-state index contributed by atoms with van der Waals surface area (Å²) in [4.78, 5) is 26.0. The van der Waals surface area contributed by atoms with Gasteiger partial charge >= 0.3 is 12.1 Å². The summed E-state index contributed by atoms with van der Waals surface area (Å²) in [5.74, 6) is 0.187. The maximum absolute atomic E-state index is 12.5. The third-order valence-electron chi connectivity index (χ3n) is 3.98. The van der Waals surface area contributed by atoms with E-state index in [4.69, 9.17) is 10.00 Å². The average molecular weight is 358 g/mol. The number of likely N-dealkylation sites (tertiary alicyclic amines) is 1. The second kappa shape index (κ2) is 8.56. The van der Waals surface area contributed by atoms with Gasteiger partial charge in [0.25, 0.3) is 0 Å². The van der Waals surface area contributed by atoms with Crippen molar-refractivity contribution < 1.29 is 14.3 Å². The summed E-state index contributed by atoms with van der Waals surface area (Å²) >= 11 is 0. The van der Waals surface area contributed by atoms with Crippen molar-refractivity contribution in [3.8, 4) is 6.07 Å². The Hall–Kier alpha value is -2.75. The summed E-state index contributed by atoms with van der Waals surface area (Å²) in [7, 11) is 0. The van der Waals surface area contributed by atoms with Crippen molar-refractivity contribution >= 4 is 17.8 Å². The highest BCUT2D eigenvalue weighted by atomic mass is 16.6. The molecule has 0 spiro atoms. The Morgan fingerprint density at radius 2 is 2.15 bits per heavy atom. The first-order valence-corrected chi connectivity index (χ1v) is 8.80. The molecule has 1 aliphatic rings. The van der Waals surface area contributed by atoms with Gasteiger partial charge in [-0.15, -0.1) is 0 Å². The number of benzene rings is 1. The highest BCUT2D eigenvalue weighted by Crippen LogP contribution is 2.18. The third-order valence-corrected chi connectivity index (χ3v) is 3.98. The van der Waals surface area contributed by atoms with E-state index < -0.39 is 11.7 Å². The molecular formula is C19H26N4O3. The highest BCUT2D eigenvalue weighted by molar-refractivity contribution is 5.89. The fourth-order valence-electron chi connectivity index (χ4n) is 2.83. The molecule has 2 N–H and O–H groups in total. The molecular weight excluding hydrogens is 332 g/mol. The Labute approximate surface area is 154 Å². The third kappa shape index (κ3) is 6.28.